The molecule has 0 amide bonds. The minimum Gasteiger partial charge on any atom is -0.466 e. The van der Waals surface area contributed by atoms with Gasteiger partial charge in [0.25, 0.3) is 0 Å². The van der Waals surface area contributed by atoms with Crippen LogP contribution < -0.4 is 0 Å². The van der Waals surface area contributed by atoms with E-state index in [1.165, 1.54) is 0 Å². The van der Waals surface area contributed by atoms with Crippen LogP contribution in [0.4, 0.5) is 0 Å². The van der Waals surface area contributed by atoms with E-state index in [2.05, 4.69) is 9.47 Å². The molecule has 0 heterocycles. The SMILES string of the molecule is CCCC(=O)OCC.CCCC(=O)OCC.[Sn]. The summed E-state index contributed by atoms with van der Waals surface area (Å²) in [5, 5.41) is 0. The van der Waals surface area contributed by atoms with Gasteiger partial charge in [0.05, 0.1) is 13.2 Å². The summed E-state index contributed by atoms with van der Waals surface area (Å²) in [6.07, 6.45) is 2.85. The first-order chi connectivity index (χ1) is 7.62. The van der Waals surface area contributed by atoms with E-state index in [0.717, 1.165) is 12.8 Å². The van der Waals surface area contributed by atoms with Gasteiger partial charge in [-0.25, -0.2) is 0 Å². The molecule has 0 aliphatic heterocycles. The predicted molar refractivity (Wildman–Crippen MR) is 68.8 cm³/mol. The Kier molecular flexibility index (Phi) is 23.4. The van der Waals surface area contributed by atoms with Gasteiger partial charge in [0, 0.05) is 36.7 Å². The molecule has 0 unspecified atom stereocenters. The fourth-order valence-electron chi connectivity index (χ4n) is 0.875. The molecular weight excluding hydrogens is 327 g/mol. The van der Waals surface area contributed by atoms with E-state index in [9.17, 15) is 9.59 Å². The molecule has 100 valence electrons. The van der Waals surface area contributed by atoms with E-state index in [4.69, 9.17) is 0 Å². The minimum atomic E-state index is -0.0880. The number of rotatable bonds is 6. The van der Waals surface area contributed by atoms with Crippen LogP contribution in [-0.2, 0) is 19.1 Å². The third kappa shape index (κ3) is 21.6. The maximum Gasteiger partial charge on any atom is 0.305 e. The Bertz CT molecular complexity index is 147. The molecule has 0 bridgehead atoms. The Morgan fingerprint density at radius 1 is 0.765 bits per heavy atom. The Morgan fingerprint density at radius 3 is 1.24 bits per heavy atom. The summed E-state index contributed by atoms with van der Waals surface area (Å²) in [6.45, 7) is 8.53. The van der Waals surface area contributed by atoms with Gasteiger partial charge in [-0.15, -0.1) is 0 Å². The zero-order chi connectivity index (χ0) is 12.8. The summed E-state index contributed by atoms with van der Waals surface area (Å²) in [4.78, 5) is 20.8. The fraction of sp³-hybridized carbons (Fsp3) is 0.833. The van der Waals surface area contributed by atoms with Crippen LogP contribution in [0, 0.1) is 0 Å². The summed E-state index contributed by atoms with van der Waals surface area (Å²) in [7, 11) is 0. The maximum absolute atomic E-state index is 10.4. The maximum atomic E-state index is 10.4. The Labute approximate surface area is 121 Å². The summed E-state index contributed by atoms with van der Waals surface area (Å²) in [6, 6.07) is 0. The van der Waals surface area contributed by atoms with E-state index in [1.807, 2.05) is 27.7 Å². The summed E-state index contributed by atoms with van der Waals surface area (Å²) < 4.78 is 9.29. The molecule has 0 aromatic rings. The van der Waals surface area contributed by atoms with E-state index in [0.29, 0.717) is 26.1 Å². The molecule has 0 rings (SSSR count). The fourth-order valence-corrected chi connectivity index (χ4v) is 0.875. The summed E-state index contributed by atoms with van der Waals surface area (Å²) in [5.41, 5.74) is 0. The normalized spacial score (nSPS) is 8.24. The first-order valence-corrected chi connectivity index (χ1v) is 5.93. The van der Waals surface area contributed by atoms with E-state index in [1.54, 1.807) is 0 Å². The third-order valence-corrected chi connectivity index (χ3v) is 1.52. The smallest absolute Gasteiger partial charge is 0.305 e. The quantitative estimate of drug-likeness (QED) is 0.545. The first-order valence-electron chi connectivity index (χ1n) is 5.93. The summed E-state index contributed by atoms with van der Waals surface area (Å²) in [5.74, 6) is -0.176. The van der Waals surface area contributed by atoms with Gasteiger partial charge in [0.1, 0.15) is 0 Å². The molecule has 5 heteroatoms. The molecule has 0 fully saturated rings. The van der Waals surface area contributed by atoms with Gasteiger partial charge in [0.2, 0.25) is 0 Å². The molecule has 0 aliphatic carbocycles. The number of hydrogen-bond acceptors (Lipinski definition) is 4. The van der Waals surface area contributed by atoms with Gasteiger partial charge in [-0.05, 0) is 26.7 Å². The van der Waals surface area contributed by atoms with Crippen LogP contribution in [0.15, 0.2) is 0 Å². The third-order valence-electron chi connectivity index (χ3n) is 1.52. The molecule has 17 heavy (non-hydrogen) atoms. The standard InChI is InChI=1S/2C6H12O2.Sn/c2*1-3-5-6(7)8-4-2;/h2*3-5H2,1-2H3;. The van der Waals surface area contributed by atoms with Gasteiger partial charge in [-0.3, -0.25) is 9.59 Å². The Hall–Kier alpha value is -0.261. The number of hydrogen-bond donors (Lipinski definition) is 0. The molecule has 0 saturated carbocycles. The van der Waals surface area contributed by atoms with Crippen molar-refractivity contribution in [2.75, 3.05) is 13.2 Å². The van der Waals surface area contributed by atoms with E-state index in [-0.39, 0.29) is 35.8 Å². The topological polar surface area (TPSA) is 52.6 Å². The van der Waals surface area contributed by atoms with Crippen molar-refractivity contribution in [3.05, 3.63) is 0 Å². The van der Waals surface area contributed by atoms with Crippen LogP contribution >= 0.6 is 0 Å². The molecule has 0 atom stereocenters. The van der Waals surface area contributed by atoms with Crippen molar-refractivity contribution in [2.45, 2.75) is 53.4 Å². The number of esters is 2. The second-order valence-electron chi connectivity index (χ2n) is 3.11. The second-order valence-corrected chi connectivity index (χ2v) is 3.11. The molecule has 0 saturated heterocycles. The largest absolute Gasteiger partial charge is 0.466 e. The van der Waals surface area contributed by atoms with Crippen LogP contribution in [0.5, 0.6) is 0 Å². The molecule has 0 spiro atoms. The van der Waals surface area contributed by atoms with E-state index < -0.39 is 0 Å². The molecule has 0 aromatic carbocycles. The number of ether oxygens (including phenoxy) is 2. The Balaban J connectivity index is -0.000000218. The second kappa shape index (κ2) is 18.1. The number of carbonyl (C=O) groups excluding carboxylic acids is 2. The van der Waals surface area contributed by atoms with Crippen molar-refractivity contribution < 1.29 is 19.1 Å². The van der Waals surface area contributed by atoms with Crippen molar-refractivity contribution in [1.82, 2.24) is 0 Å². The van der Waals surface area contributed by atoms with Gasteiger partial charge in [0.15, 0.2) is 0 Å². The molecule has 0 aliphatic rings. The summed E-state index contributed by atoms with van der Waals surface area (Å²) >= 11 is 0. The first kappa shape index (κ1) is 22.0. The van der Waals surface area contributed by atoms with Crippen LogP contribution in [0.25, 0.3) is 0 Å². The van der Waals surface area contributed by atoms with Crippen LogP contribution in [0.1, 0.15) is 53.4 Å². The zero-order valence-electron chi connectivity index (χ0n) is 11.4. The minimum absolute atomic E-state index is 0. The van der Waals surface area contributed by atoms with Crippen molar-refractivity contribution in [3.63, 3.8) is 0 Å². The monoisotopic (exact) mass is 352 g/mol. The van der Waals surface area contributed by atoms with Gasteiger partial charge in [-0.2, -0.15) is 0 Å². The van der Waals surface area contributed by atoms with Crippen molar-refractivity contribution in [3.8, 4) is 0 Å². The predicted octanol–water partition coefficient (Wildman–Crippen LogP) is 2.32. The van der Waals surface area contributed by atoms with Crippen LogP contribution in [0.2, 0.25) is 0 Å². The average Bonchev–Trinajstić information content (AvgIpc) is 2.20. The zero-order valence-corrected chi connectivity index (χ0v) is 14.2. The molecule has 4 nitrogen and oxygen atoms in total. The van der Waals surface area contributed by atoms with Crippen LogP contribution in [0.3, 0.4) is 0 Å². The Morgan fingerprint density at radius 2 is 1.06 bits per heavy atom. The van der Waals surface area contributed by atoms with Crippen LogP contribution in [-0.4, -0.2) is 49.1 Å². The molecule has 0 N–H and O–H groups in total. The van der Waals surface area contributed by atoms with Gasteiger partial charge in [-0.1, -0.05) is 13.8 Å². The molecular formula is C12H24O4Sn. The molecule has 4 radical (unpaired) electrons. The van der Waals surface area contributed by atoms with Crippen molar-refractivity contribution >= 4 is 35.8 Å². The van der Waals surface area contributed by atoms with Gasteiger partial charge < -0.3 is 9.47 Å². The van der Waals surface area contributed by atoms with Gasteiger partial charge >= 0.3 is 11.9 Å². The number of carbonyl (C=O) groups is 2. The average molecular weight is 351 g/mol. The molecule has 0 aromatic heterocycles. The van der Waals surface area contributed by atoms with E-state index >= 15 is 0 Å². The van der Waals surface area contributed by atoms with Crippen molar-refractivity contribution in [1.29, 1.82) is 0 Å². The van der Waals surface area contributed by atoms with Crippen molar-refractivity contribution in [2.24, 2.45) is 0 Å².